The Morgan fingerprint density at radius 2 is 1.16 bits per heavy atom. The molecule has 0 amide bonds. The first kappa shape index (κ1) is 13.9. The van der Waals surface area contributed by atoms with Crippen LogP contribution in [-0.2, 0) is 0 Å². The first-order chi connectivity index (χ1) is 8.98. The van der Waals surface area contributed by atoms with Crippen molar-refractivity contribution in [1.82, 2.24) is 0 Å². The van der Waals surface area contributed by atoms with Crippen LogP contribution in [0.5, 0.6) is 0 Å². The molecule has 3 heteroatoms. The fourth-order valence-corrected chi connectivity index (χ4v) is 12.3. The Morgan fingerprint density at radius 1 is 0.737 bits per heavy atom. The normalized spacial score (nSPS) is 15.6. The standard InChI is InChI=1S/C14H8Br2.2CH3.Sn/c15-13-5-1-3-11(9-13)7-8-12-4-2-6-14(16)10-12;;;/h1-2,5-10H;2*1H3;. The molecule has 2 aromatic carbocycles. The molecule has 3 rings (SSSR count). The molecule has 0 saturated heterocycles. The molecule has 0 bridgehead atoms. The van der Waals surface area contributed by atoms with Crippen molar-refractivity contribution in [2.75, 3.05) is 0 Å². The van der Waals surface area contributed by atoms with Gasteiger partial charge in [0.15, 0.2) is 0 Å². The van der Waals surface area contributed by atoms with Crippen molar-refractivity contribution >= 4 is 69.5 Å². The molecule has 19 heavy (non-hydrogen) atoms. The predicted molar refractivity (Wildman–Crippen MR) is 94.0 cm³/mol. The molecule has 0 radical (unpaired) electrons. The van der Waals surface area contributed by atoms with E-state index < -0.39 is 18.4 Å². The SMILES string of the molecule is [CH3][Sn]1([CH3])[c]2ccc(Br)cc2C=Cc2cc(Br)cc[c]21. The topological polar surface area (TPSA) is 0 Å². The van der Waals surface area contributed by atoms with Gasteiger partial charge in [0.1, 0.15) is 0 Å². The van der Waals surface area contributed by atoms with E-state index in [1.54, 1.807) is 7.16 Å². The molecular weight excluding hydrogens is 471 g/mol. The zero-order valence-corrected chi connectivity index (χ0v) is 16.9. The number of fused-ring (bicyclic) bond motifs is 2. The van der Waals surface area contributed by atoms with Crippen molar-refractivity contribution in [3.05, 3.63) is 56.5 Å². The van der Waals surface area contributed by atoms with Crippen LogP contribution in [0.25, 0.3) is 12.2 Å². The van der Waals surface area contributed by atoms with E-state index in [4.69, 9.17) is 0 Å². The van der Waals surface area contributed by atoms with Crippen LogP contribution in [0, 0.1) is 0 Å². The molecule has 0 unspecified atom stereocenters. The molecule has 1 aliphatic heterocycles. The Kier molecular flexibility index (Phi) is 3.69. The summed E-state index contributed by atoms with van der Waals surface area (Å²) in [5.41, 5.74) is 2.75. The molecule has 96 valence electrons. The van der Waals surface area contributed by atoms with Crippen LogP contribution in [0.15, 0.2) is 45.3 Å². The molecule has 0 fully saturated rings. The summed E-state index contributed by atoms with van der Waals surface area (Å²) in [5.74, 6) is 0. The molecule has 0 aliphatic carbocycles. The van der Waals surface area contributed by atoms with E-state index in [0.29, 0.717) is 0 Å². The first-order valence-electron chi connectivity index (χ1n) is 6.26. The summed E-state index contributed by atoms with van der Waals surface area (Å²) >= 11 is 4.69. The predicted octanol–water partition coefficient (Wildman–Crippen LogP) is 4.52. The van der Waals surface area contributed by atoms with Gasteiger partial charge in [-0.05, 0) is 0 Å². The molecule has 1 heterocycles. The summed E-state index contributed by atoms with van der Waals surface area (Å²) in [6.07, 6.45) is 4.52. The van der Waals surface area contributed by atoms with Gasteiger partial charge in [-0.1, -0.05) is 0 Å². The molecule has 0 saturated carbocycles. The maximum atomic E-state index is 3.58. The minimum atomic E-state index is -2.47. The van der Waals surface area contributed by atoms with Gasteiger partial charge < -0.3 is 0 Å². The van der Waals surface area contributed by atoms with E-state index in [9.17, 15) is 0 Å². The summed E-state index contributed by atoms with van der Waals surface area (Å²) in [7, 11) is 0. The van der Waals surface area contributed by atoms with Gasteiger partial charge in [-0.3, -0.25) is 0 Å². The maximum absolute atomic E-state index is 3.58. The first-order valence-corrected chi connectivity index (χ1v) is 16.4. The summed E-state index contributed by atoms with van der Waals surface area (Å²) in [6.45, 7) is 0. The Hall–Kier alpha value is -0.0613. The van der Waals surface area contributed by atoms with E-state index >= 15 is 0 Å². The van der Waals surface area contributed by atoms with Crippen molar-refractivity contribution in [2.24, 2.45) is 0 Å². The van der Waals surface area contributed by atoms with Crippen molar-refractivity contribution in [1.29, 1.82) is 0 Å². The second-order valence-electron chi connectivity index (χ2n) is 5.42. The van der Waals surface area contributed by atoms with E-state index in [0.717, 1.165) is 8.95 Å². The fourth-order valence-electron chi connectivity index (χ4n) is 2.81. The summed E-state index contributed by atoms with van der Waals surface area (Å²) in [4.78, 5) is 5.00. The molecular formula is C16H14Br2Sn. The van der Waals surface area contributed by atoms with Crippen LogP contribution in [0.4, 0.5) is 0 Å². The zero-order valence-electron chi connectivity index (χ0n) is 10.9. The second kappa shape index (κ2) is 5.05. The number of benzene rings is 2. The van der Waals surface area contributed by atoms with E-state index in [-0.39, 0.29) is 0 Å². The molecule has 0 nitrogen and oxygen atoms in total. The van der Waals surface area contributed by atoms with Gasteiger partial charge in [-0.2, -0.15) is 0 Å². The van der Waals surface area contributed by atoms with Crippen LogP contribution >= 0.6 is 31.9 Å². The van der Waals surface area contributed by atoms with Crippen LogP contribution < -0.4 is 7.16 Å². The van der Waals surface area contributed by atoms with Gasteiger partial charge in [0.2, 0.25) is 0 Å². The fraction of sp³-hybridized carbons (Fsp3) is 0.125. The average molecular weight is 485 g/mol. The third-order valence-corrected chi connectivity index (χ3v) is 15.1. The Morgan fingerprint density at radius 3 is 1.58 bits per heavy atom. The van der Waals surface area contributed by atoms with Gasteiger partial charge in [0.25, 0.3) is 0 Å². The second-order valence-corrected chi connectivity index (χ2v) is 19.6. The van der Waals surface area contributed by atoms with Crippen molar-refractivity contribution in [3.8, 4) is 0 Å². The summed E-state index contributed by atoms with van der Waals surface area (Å²) in [5, 5.41) is 0. The van der Waals surface area contributed by atoms with Crippen molar-refractivity contribution in [2.45, 2.75) is 9.88 Å². The minimum absolute atomic E-state index is 1.16. The molecule has 0 N–H and O–H groups in total. The monoisotopic (exact) mass is 484 g/mol. The van der Waals surface area contributed by atoms with E-state index in [1.165, 1.54) is 11.1 Å². The third kappa shape index (κ3) is 2.47. The molecule has 0 spiro atoms. The molecule has 1 aliphatic rings. The van der Waals surface area contributed by atoms with Crippen LogP contribution in [0.2, 0.25) is 9.88 Å². The third-order valence-electron chi connectivity index (χ3n) is 3.82. The van der Waals surface area contributed by atoms with E-state index in [2.05, 4.69) is 90.3 Å². The van der Waals surface area contributed by atoms with Crippen LogP contribution in [0.1, 0.15) is 11.1 Å². The van der Waals surface area contributed by atoms with Gasteiger partial charge in [0, 0.05) is 0 Å². The van der Waals surface area contributed by atoms with Crippen LogP contribution in [0.3, 0.4) is 0 Å². The van der Waals surface area contributed by atoms with Crippen LogP contribution in [-0.4, -0.2) is 18.4 Å². The van der Waals surface area contributed by atoms with Crippen molar-refractivity contribution in [3.63, 3.8) is 0 Å². The number of hydrogen-bond donors (Lipinski definition) is 0. The van der Waals surface area contributed by atoms with E-state index in [1.807, 2.05) is 0 Å². The van der Waals surface area contributed by atoms with Gasteiger partial charge >= 0.3 is 136 Å². The molecule has 0 aromatic heterocycles. The average Bonchev–Trinajstić information content (AvgIpc) is 2.45. The molecule has 2 aromatic rings. The van der Waals surface area contributed by atoms with Gasteiger partial charge in [0.05, 0.1) is 0 Å². The Labute approximate surface area is 135 Å². The number of halogens is 2. The zero-order chi connectivity index (χ0) is 13.6. The Bertz CT molecular complexity index is 630. The Balaban J connectivity index is 2.31. The van der Waals surface area contributed by atoms with Gasteiger partial charge in [-0.25, -0.2) is 0 Å². The molecule has 0 atom stereocenters. The van der Waals surface area contributed by atoms with Gasteiger partial charge in [-0.15, -0.1) is 0 Å². The quantitative estimate of drug-likeness (QED) is 0.483. The van der Waals surface area contributed by atoms with Crippen molar-refractivity contribution < 1.29 is 0 Å². The number of hydrogen-bond acceptors (Lipinski definition) is 0. The summed E-state index contributed by atoms with van der Waals surface area (Å²) < 4.78 is 5.47. The number of rotatable bonds is 0. The summed E-state index contributed by atoms with van der Waals surface area (Å²) in [6, 6.07) is 13.5.